The molecule has 140 valence electrons. The Morgan fingerprint density at radius 1 is 1.00 bits per heavy atom. The van der Waals surface area contributed by atoms with Crippen LogP contribution in [-0.4, -0.2) is 53.6 Å². The molecule has 0 saturated carbocycles. The first kappa shape index (κ1) is 18.6. The van der Waals surface area contributed by atoms with E-state index in [0.29, 0.717) is 11.3 Å². The number of hydrogen-bond donors (Lipinski definition) is 0. The fraction of sp³-hybridized carbons (Fsp3) is 0.286. The van der Waals surface area contributed by atoms with E-state index in [2.05, 4.69) is 0 Å². The van der Waals surface area contributed by atoms with Crippen LogP contribution >= 0.6 is 0 Å². The van der Waals surface area contributed by atoms with Crippen LogP contribution in [-0.2, 0) is 16.1 Å². The molecule has 2 aromatic rings. The van der Waals surface area contributed by atoms with Gasteiger partial charge in [-0.1, -0.05) is 42.5 Å². The van der Waals surface area contributed by atoms with Gasteiger partial charge >= 0.3 is 0 Å². The second kappa shape index (κ2) is 7.61. The number of benzene rings is 2. The van der Waals surface area contributed by atoms with Gasteiger partial charge in [0.05, 0.1) is 7.11 Å². The van der Waals surface area contributed by atoms with E-state index in [4.69, 9.17) is 4.74 Å². The highest BCUT2D eigenvalue weighted by Gasteiger charge is 2.46. The number of ketones is 1. The second-order valence-electron chi connectivity index (χ2n) is 6.57. The average molecular weight is 366 g/mol. The molecule has 1 aliphatic heterocycles. The van der Waals surface area contributed by atoms with Crippen molar-refractivity contribution < 1.29 is 19.1 Å². The lowest BCUT2D eigenvalue weighted by atomic mass is 9.96. The largest absolute Gasteiger partial charge is 0.497 e. The van der Waals surface area contributed by atoms with Gasteiger partial charge in [0.25, 0.3) is 5.91 Å². The number of hydrogen-bond acceptors (Lipinski definition) is 4. The number of rotatable bonds is 5. The number of piperazine rings is 1. The van der Waals surface area contributed by atoms with Gasteiger partial charge in [0.1, 0.15) is 11.8 Å². The van der Waals surface area contributed by atoms with Crippen molar-refractivity contribution in [1.29, 1.82) is 0 Å². The molecule has 0 aliphatic carbocycles. The summed E-state index contributed by atoms with van der Waals surface area (Å²) in [6, 6.07) is 14.0. The highest BCUT2D eigenvalue weighted by atomic mass is 16.5. The lowest BCUT2D eigenvalue weighted by molar-refractivity contribution is -0.157. The first-order valence-electron chi connectivity index (χ1n) is 8.73. The summed E-state index contributed by atoms with van der Waals surface area (Å²) in [7, 11) is 3.13. The fourth-order valence-electron chi connectivity index (χ4n) is 3.16. The number of methoxy groups -OCH3 is 1. The molecule has 1 aliphatic rings. The Morgan fingerprint density at radius 2 is 1.63 bits per heavy atom. The van der Waals surface area contributed by atoms with Crippen molar-refractivity contribution in [3.63, 3.8) is 0 Å². The predicted molar refractivity (Wildman–Crippen MR) is 100 cm³/mol. The summed E-state index contributed by atoms with van der Waals surface area (Å²) < 4.78 is 5.15. The van der Waals surface area contributed by atoms with E-state index < -0.39 is 12.1 Å². The fourth-order valence-corrected chi connectivity index (χ4v) is 3.16. The molecule has 2 atom stereocenters. The number of Topliss-reactive ketones (excluding diaryl/α,β-unsaturated/α-hetero) is 1. The highest BCUT2D eigenvalue weighted by molar-refractivity contribution is 6.17. The summed E-state index contributed by atoms with van der Waals surface area (Å²) in [5, 5.41) is 0. The maximum atomic E-state index is 13.0. The third-order valence-electron chi connectivity index (χ3n) is 4.93. The Labute approximate surface area is 158 Å². The third-order valence-corrected chi connectivity index (χ3v) is 4.93. The number of ether oxygens (including phenoxy) is 1. The number of amides is 2. The van der Waals surface area contributed by atoms with E-state index in [1.807, 2.05) is 12.1 Å². The lowest BCUT2D eigenvalue weighted by Gasteiger charge is -2.41. The Hall–Kier alpha value is -3.15. The van der Waals surface area contributed by atoms with E-state index in [1.165, 1.54) is 9.80 Å². The summed E-state index contributed by atoms with van der Waals surface area (Å²) in [6.45, 7) is 1.85. The van der Waals surface area contributed by atoms with Gasteiger partial charge in [0, 0.05) is 19.2 Å². The highest BCUT2D eigenvalue weighted by Crippen LogP contribution is 2.23. The molecule has 27 heavy (non-hydrogen) atoms. The summed E-state index contributed by atoms with van der Waals surface area (Å²) in [4.78, 5) is 41.6. The van der Waals surface area contributed by atoms with Gasteiger partial charge < -0.3 is 14.5 Å². The Morgan fingerprint density at radius 3 is 2.22 bits per heavy atom. The maximum Gasteiger partial charge on any atom is 0.253 e. The zero-order valence-corrected chi connectivity index (χ0v) is 15.6. The molecule has 6 nitrogen and oxygen atoms in total. The average Bonchev–Trinajstić information content (AvgIpc) is 2.71. The van der Waals surface area contributed by atoms with E-state index in [0.717, 1.165) is 5.56 Å². The zero-order valence-electron chi connectivity index (χ0n) is 15.6. The van der Waals surface area contributed by atoms with Crippen LogP contribution in [0.1, 0.15) is 22.8 Å². The summed E-state index contributed by atoms with van der Waals surface area (Å²) in [5.41, 5.74) is 1.23. The first-order valence-corrected chi connectivity index (χ1v) is 8.73. The van der Waals surface area contributed by atoms with Gasteiger partial charge in [-0.05, 0) is 24.6 Å². The van der Waals surface area contributed by atoms with Gasteiger partial charge in [-0.2, -0.15) is 0 Å². The van der Waals surface area contributed by atoms with Gasteiger partial charge in [-0.3, -0.25) is 14.4 Å². The normalized spacial score (nSPS) is 20.0. The van der Waals surface area contributed by atoms with Gasteiger partial charge in [0.15, 0.2) is 11.8 Å². The van der Waals surface area contributed by atoms with Gasteiger partial charge in [-0.25, -0.2) is 0 Å². The van der Waals surface area contributed by atoms with E-state index in [-0.39, 0.29) is 24.1 Å². The molecule has 0 N–H and O–H groups in total. The molecule has 6 heteroatoms. The number of carbonyl (C=O) groups excluding carboxylic acids is 3. The topological polar surface area (TPSA) is 66.9 Å². The predicted octanol–water partition coefficient (Wildman–Crippen LogP) is 2.14. The Balaban J connectivity index is 1.96. The van der Waals surface area contributed by atoms with E-state index in [9.17, 15) is 14.4 Å². The molecule has 3 rings (SSSR count). The molecular formula is C21H22N2O4. The minimum absolute atomic E-state index is 0.177. The van der Waals surface area contributed by atoms with Crippen LogP contribution in [0.15, 0.2) is 54.6 Å². The van der Waals surface area contributed by atoms with Crippen LogP contribution < -0.4 is 4.74 Å². The van der Waals surface area contributed by atoms with Crippen LogP contribution in [0.2, 0.25) is 0 Å². The summed E-state index contributed by atoms with van der Waals surface area (Å²) >= 11 is 0. The van der Waals surface area contributed by atoms with Crippen LogP contribution in [0.4, 0.5) is 0 Å². The quantitative estimate of drug-likeness (QED) is 0.601. The monoisotopic (exact) mass is 366 g/mol. The van der Waals surface area contributed by atoms with Crippen molar-refractivity contribution in [3.8, 4) is 5.75 Å². The smallest absolute Gasteiger partial charge is 0.253 e. The van der Waals surface area contributed by atoms with Crippen molar-refractivity contribution in [2.75, 3.05) is 14.2 Å². The van der Waals surface area contributed by atoms with E-state index >= 15 is 0 Å². The molecule has 2 amide bonds. The van der Waals surface area contributed by atoms with Crippen molar-refractivity contribution >= 4 is 17.6 Å². The zero-order chi connectivity index (χ0) is 19.6. The van der Waals surface area contributed by atoms with Gasteiger partial charge in [0.2, 0.25) is 5.91 Å². The summed E-state index contributed by atoms with van der Waals surface area (Å²) in [6.07, 6.45) is 0. The number of likely N-dealkylation sites (N-methyl/N-ethyl adjacent to an activating group) is 1. The SMILES string of the molecule is COc1ccc(CN2C(=O)[C@H](C)N(C)C(=O)C2C(=O)c2ccccc2)cc1. The lowest BCUT2D eigenvalue weighted by Crippen LogP contribution is -2.64. The van der Waals surface area contributed by atoms with E-state index in [1.54, 1.807) is 63.5 Å². The van der Waals surface area contributed by atoms with Crippen LogP contribution in [0.3, 0.4) is 0 Å². The van der Waals surface area contributed by atoms with Gasteiger partial charge in [-0.15, -0.1) is 0 Å². The molecule has 1 heterocycles. The summed E-state index contributed by atoms with van der Waals surface area (Å²) in [5.74, 6) is -0.294. The molecule has 0 radical (unpaired) electrons. The van der Waals surface area contributed by atoms with Crippen molar-refractivity contribution in [2.45, 2.75) is 25.6 Å². The van der Waals surface area contributed by atoms with Crippen LogP contribution in [0.25, 0.3) is 0 Å². The minimum atomic E-state index is -1.16. The molecule has 1 saturated heterocycles. The third kappa shape index (κ3) is 3.56. The number of nitrogens with zero attached hydrogens (tertiary/aromatic N) is 2. The van der Waals surface area contributed by atoms with Crippen molar-refractivity contribution in [1.82, 2.24) is 9.80 Å². The first-order chi connectivity index (χ1) is 12.9. The maximum absolute atomic E-state index is 13.0. The molecule has 1 fully saturated rings. The second-order valence-corrected chi connectivity index (χ2v) is 6.57. The van der Waals surface area contributed by atoms with Crippen LogP contribution in [0.5, 0.6) is 5.75 Å². The Bertz CT molecular complexity index is 848. The molecule has 1 unspecified atom stereocenters. The van der Waals surface area contributed by atoms with Crippen molar-refractivity contribution in [2.24, 2.45) is 0 Å². The molecular weight excluding hydrogens is 344 g/mol. The standard InChI is InChI=1S/C21H22N2O4/c1-14-20(25)23(13-15-9-11-17(27-3)12-10-15)18(21(26)22(14)2)19(24)16-7-5-4-6-8-16/h4-12,14,18H,13H2,1-3H3/t14-,18?/m0/s1. The molecule has 0 bridgehead atoms. The number of carbonyl (C=O) groups is 3. The minimum Gasteiger partial charge on any atom is -0.497 e. The van der Waals surface area contributed by atoms with Crippen LogP contribution in [0, 0.1) is 0 Å². The molecule has 0 aromatic heterocycles. The Kier molecular flexibility index (Phi) is 5.26. The van der Waals surface area contributed by atoms with Crippen molar-refractivity contribution in [3.05, 3.63) is 65.7 Å². The molecule has 0 spiro atoms. The molecule has 2 aromatic carbocycles.